The number of piperidine rings is 1. The number of rotatable bonds is 4. The van der Waals surface area contributed by atoms with Gasteiger partial charge in [0, 0.05) is 36.9 Å². The first kappa shape index (κ1) is 14.8. The second-order valence-electron chi connectivity index (χ2n) is 6.04. The second-order valence-corrected chi connectivity index (χ2v) is 6.04. The van der Waals surface area contributed by atoms with Gasteiger partial charge in [0.05, 0.1) is 0 Å². The molecule has 1 fully saturated rings. The standard InChI is InChI=1S/C15H24N4O/c1-4-15(2,3)18-13(20)12-6-10-19(11-7-12)14-16-8-5-9-17-14/h5,8-9,12H,4,6-7,10-11H2,1-3H3,(H,18,20). The summed E-state index contributed by atoms with van der Waals surface area (Å²) in [4.78, 5) is 22.9. The molecule has 2 rings (SSSR count). The average molecular weight is 276 g/mol. The van der Waals surface area contributed by atoms with E-state index in [1.165, 1.54) is 0 Å². The molecule has 0 spiro atoms. The summed E-state index contributed by atoms with van der Waals surface area (Å²) in [6, 6.07) is 1.82. The summed E-state index contributed by atoms with van der Waals surface area (Å²) in [6.07, 6.45) is 6.18. The van der Waals surface area contributed by atoms with E-state index in [0.29, 0.717) is 0 Å². The number of nitrogens with zero attached hydrogens (tertiary/aromatic N) is 3. The minimum atomic E-state index is -0.114. The van der Waals surface area contributed by atoms with E-state index in [0.717, 1.165) is 38.3 Å². The summed E-state index contributed by atoms with van der Waals surface area (Å²) in [7, 11) is 0. The van der Waals surface area contributed by atoms with E-state index in [-0.39, 0.29) is 17.4 Å². The van der Waals surface area contributed by atoms with Crippen LogP contribution in [0.3, 0.4) is 0 Å². The van der Waals surface area contributed by atoms with Gasteiger partial charge in [0.2, 0.25) is 11.9 Å². The number of carbonyl (C=O) groups excluding carboxylic acids is 1. The first-order chi connectivity index (χ1) is 9.52. The van der Waals surface area contributed by atoms with Crippen molar-refractivity contribution in [2.24, 2.45) is 5.92 Å². The van der Waals surface area contributed by atoms with Crippen LogP contribution in [0.25, 0.3) is 0 Å². The summed E-state index contributed by atoms with van der Waals surface area (Å²) in [5, 5.41) is 3.14. The first-order valence-electron chi connectivity index (χ1n) is 7.36. The number of amides is 1. The predicted octanol–water partition coefficient (Wildman–Crippen LogP) is 2.00. The highest BCUT2D eigenvalue weighted by molar-refractivity contribution is 5.79. The van der Waals surface area contributed by atoms with E-state index in [2.05, 4.69) is 41.0 Å². The Kier molecular flexibility index (Phi) is 4.57. The van der Waals surface area contributed by atoms with Gasteiger partial charge >= 0.3 is 0 Å². The van der Waals surface area contributed by atoms with E-state index in [9.17, 15) is 4.79 Å². The second kappa shape index (κ2) is 6.20. The van der Waals surface area contributed by atoms with Gasteiger partial charge in [-0.3, -0.25) is 4.79 Å². The van der Waals surface area contributed by atoms with Gasteiger partial charge < -0.3 is 10.2 Å². The molecule has 1 N–H and O–H groups in total. The third-order valence-corrected chi connectivity index (χ3v) is 4.05. The molecular formula is C15H24N4O. The Balaban J connectivity index is 1.87. The van der Waals surface area contributed by atoms with Crippen LogP contribution in [0, 0.1) is 5.92 Å². The van der Waals surface area contributed by atoms with Crippen LogP contribution < -0.4 is 10.2 Å². The molecule has 1 aromatic heterocycles. The fraction of sp³-hybridized carbons (Fsp3) is 0.667. The van der Waals surface area contributed by atoms with Crippen LogP contribution in [0.4, 0.5) is 5.95 Å². The Morgan fingerprint density at radius 2 is 1.95 bits per heavy atom. The number of hydrogen-bond donors (Lipinski definition) is 1. The smallest absolute Gasteiger partial charge is 0.225 e. The van der Waals surface area contributed by atoms with E-state index < -0.39 is 0 Å². The zero-order chi connectivity index (χ0) is 14.6. The molecular weight excluding hydrogens is 252 g/mol. The summed E-state index contributed by atoms with van der Waals surface area (Å²) in [5.74, 6) is 1.06. The number of hydrogen-bond acceptors (Lipinski definition) is 4. The minimum Gasteiger partial charge on any atom is -0.351 e. The van der Waals surface area contributed by atoms with E-state index >= 15 is 0 Å². The topological polar surface area (TPSA) is 58.1 Å². The maximum Gasteiger partial charge on any atom is 0.225 e. The Labute approximate surface area is 120 Å². The van der Waals surface area contributed by atoms with Gasteiger partial charge in [-0.05, 0) is 39.2 Å². The van der Waals surface area contributed by atoms with Gasteiger partial charge in [-0.25, -0.2) is 9.97 Å². The first-order valence-corrected chi connectivity index (χ1v) is 7.36. The molecule has 0 atom stereocenters. The molecule has 1 amide bonds. The summed E-state index contributed by atoms with van der Waals surface area (Å²) >= 11 is 0. The Bertz CT molecular complexity index is 438. The highest BCUT2D eigenvalue weighted by atomic mass is 16.2. The van der Waals surface area contributed by atoms with Crippen LogP contribution in [0.2, 0.25) is 0 Å². The van der Waals surface area contributed by atoms with Crippen molar-refractivity contribution in [2.75, 3.05) is 18.0 Å². The third-order valence-electron chi connectivity index (χ3n) is 4.05. The Morgan fingerprint density at radius 3 is 2.50 bits per heavy atom. The molecule has 0 saturated carbocycles. The van der Waals surface area contributed by atoms with Gasteiger partial charge in [0.1, 0.15) is 0 Å². The van der Waals surface area contributed by atoms with Crippen molar-refractivity contribution in [1.29, 1.82) is 0 Å². The SMILES string of the molecule is CCC(C)(C)NC(=O)C1CCN(c2ncccn2)CC1. The highest BCUT2D eigenvalue weighted by Gasteiger charge is 2.28. The van der Waals surface area contributed by atoms with Crippen LogP contribution in [-0.4, -0.2) is 34.5 Å². The molecule has 0 radical (unpaired) electrons. The van der Waals surface area contributed by atoms with Gasteiger partial charge in [0.25, 0.3) is 0 Å². The third kappa shape index (κ3) is 3.68. The molecule has 1 aliphatic heterocycles. The van der Waals surface area contributed by atoms with Crippen molar-refractivity contribution in [3.05, 3.63) is 18.5 Å². The largest absolute Gasteiger partial charge is 0.351 e. The Hall–Kier alpha value is -1.65. The van der Waals surface area contributed by atoms with Gasteiger partial charge in [-0.2, -0.15) is 0 Å². The zero-order valence-corrected chi connectivity index (χ0v) is 12.6. The van der Waals surface area contributed by atoms with E-state index in [4.69, 9.17) is 0 Å². The molecule has 5 heteroatoms. The van der Waals surface area contributed by atoms with Crippen molar-refractivity contribution in [2.45, 2.75) is 45.6 Å². The normalized spacial score (nSPS) is 17.1. The average Bonchev–Trinajstić information content (AvgIpc) is 2.48. The highest BCUT2D eigenvalue weighted by Crippen LogP contribution is 2.21. The minimum absolute atomic E-state index is 0.112. The maximum atomic E-state index is 12.3. The lowest BCUT2D eigenvalue weighted by Crippen LogP contribution is -2.48. The maximum absolute atomic E-state index is 12.3. The van der Waals surface area contributed by atoms with Crippen molar-refractivity contribution < 1.29 is 4.79 Å². The number of anilines is 1. The van der Waals surface area contributed by atoms with Crippen LogP contribution in [0.15, 0.2) is 18.5 Å². The summed E-state index contributed by atoms with van der Waals surface area (Å²) < 4.78 is 0. The van der Waals surface area contributed by atoms with E-state index in [1.807, 2.05) is 6.07 Å². The lowest BCUT2D eigenvalue weighted by Gasteiger charge is -2.33. The van der Waals surface area contributed by atoms with Crippen molar-refractivity contribution in [3.8, 4) is 0 Å². The number of carbonyl (C=O) groups is 1. The van der Waals surface area contributed by atoms with Crippen LogP contribution in [0.1, 0.15) is 40.0 Å². The summed E-state index contributed by atoms with van der Waals surface area (Å²) in [5.41, 5.74) is -0.114. The zero-order valence-electron chi connectivity index (χ0n) is 12.6. The molecule has 5 nitrogen and oxygen atoms in total. The lowest BCUT2D eigenvalue weighted by atomic mass is 9.93. The van der Waals surface area contributed by atoms with Gasteiger partial charge in [-0.1, -0.05) is 6.92 Å². The summed E-state index contributed by atoms with van der Waals surface area (Å²) in [6.45, 7) is 7.91. The molecule has 1 saturated heterocycles. The molecule has 1 aliphatic rings. The number of aromatic nitrogens is 2. The van der Waals surface area contributed by atoms with Crippen LogP contribution >= 0.6 is 0 Å². The van der Waals surface area contributed by atoms with Gasteiger partial charge in [0.15, 0.2) is 0 Å². The van der Waals surface area contributed by atoms with Crippen LogP contribution in [-0.2, 0) is 4.79 Å². The van der Waals surface area contributed by atoms with Crippen molar-refractivity contribution >= 4 is 11.9 Å². The molecule has 110 valence electrons. The molecule has 20 heavy (non-hydrogen) atoms. The molecule has 2 heterocycles. The van der Waals surface area contributed by atoms with E-state index in [1.54, 1.807) is 12.4 Å². The van der Waals surface area contributed by atoms with Crippen molar-refractivity contribution in [3.63, 3.8) is 0 Å². The Morgan fingerprint density at radius 1 is 1.35 bits per heavy atom. The molecule has 0 unspecified atom stereocenters. The predicted molar refractivity (Wildman–Crippen MR) is 79.5 cm³/mol. The van der Waals surface area contributed by atoms with Crippen molar-refractivity contribution in [1.82, 2.24) is 15.3 Å². The monoisotopic (exact) mass is 276 g/mol. The number of nitrogens with one attached hydrogen (secondary N) is 1. The van der Waals surface area contributed by atoms with Crippen LogP contribution in [0.5, 0.6) is 0 Å². The molecule has 0 bridgehead atoms. The molecule has 0 aliphatic carbocycles. The molecule has 0 aromatic carbocycles. The molecule has 1 aromatic rings. The lowest BCUT2D eigenvalue weighted by molar-refractivity contribution is -0.127. The fourth-order valence-corrected chi connectivity index (χ4v) is 2.32. The van der Waals surface area contributed by atoms with Gasteiger partial charge in [-0.15, -0.1) is 0 Å². The quantitative estimate of drug-likeness (QED) is 0.914. The fourth-order valence-electron chi connectivity index (χ4n) is 2.32.